The van der Waals surface area contributed by atoms with Crippen molar-refractivity contribution in [1.82, 2.24) is 15.1 Å². The number of halogens is 3. The SMILES string of the molecule is CC(C)c1noc(N2CCC(Oc3ccc(C(F)(F)F)cn3)C2)n1. The van der Waals surface area contributed by atoms with Gasteiger partial charge >= 0.3 is 12.2 Å². The monoisotopic (exact) mass is 342 g/mol. The van der Waals surface area contributed by atoms with E-state index in [9.17, 15) is 13.2 Å². The lowest BCUT2D eigenvalue weighted by atomic mass is 10.2. The molecule has 1 aliphatic heterocycles. The molecular weight excluding hydrogens is 325 g/mol. The Morgan fingerprint density at radius 2 is 2.12 bits per heavy atom. The Bertz CT molecular complexity index is 685. The molecule has 6 nitrogen and oxygen atoms in total. The summed E-state index contributed by atoms with van der Waals surface area (Å²) in [7, 11) is 0. The summed E-state index contributed by atoms with van der Waals surface area (Å²) >= 11 is 0. The molecule has 9 heteroatoms. The summed E-state index contributed by atoms with van der Waals surface area (Å²) in [6.45, 7) is 5.13. The second-order valence-electron chi connectivity index (χ2n) is 5.95. The van der Waals surface area contributed by atoms with Gasteiger partial charge in [-0.1, -0.05) is 19.0 Å². The zero-order chi connectivity index (χ0) is 17.3. The van der Waals surface area contributed by atoms with Gasteiger partial charge in [-0.15, -0.1) is 0 Å². The molecule has 130 valence electrons. The highest BCUT2D eigenvalue weighted by Crippen LogP contribution is 2.30. The first-order chi connectivity index (χ1) is 11.3. The van der Waals surface area contributed by atoms with E-state index in [0.29, 0.717) is 31.3 Å². The van der Waals surface area contributed by atoms with Gasteiger partial charge < -0.3 is 14.2 Å². The molecule has 1 saturated heterocycles. The van der Waals surface area contributed by atoms with Gasteiger partial charge in [-0.3, -0.25) is 0 Å². The molecule has 0 saturated carbocycles. The summed E-state index contributed by atoms with van der Waals surface area (Å²) in [6, 6.07) is 2.63. The number of aromatic nitrogens is 3. The van der Waals surface area contributed by atoms with E-state index in [1.54, 1.807) is 0 Å². The minimum absolute atomic E-state index is 0.170. The number of nitrogens with zero attached hydrogens (tertiary/aromatic N) is 4. The van der Waals surface area contributed by atoms with Crippen LogP contribution >= 0.6 is 0 Å². The molecule has 24 heavy (non-hydrogen) atoms. The molecule has 0 bridgehead atoms. The molecule has 2 aromatic rings. The second-order valence-corrected chi connectivity index (χ2v) is 5.95. The lowest BCUT2D eigenvalue weighted by Crippen LogP contribution is -2.25. The number of pyridine rings is 1. The van der Waals surface area contributed by atoms with Gasteiger partial charge in [0.05, 0.1) is 12.1 Å². The van der Waals surface area contributed by atoms with Crippen LogP contribution in [0.15, 0.2) is 22.9 Å². The molecule has 1 aliphatic rings. The van der Waals surface area contributed by atoms with Gasteiger partial charge in [-0.05, 0) is 6.07 Å². The van der Waals surface area contributed by atoms with Gasteiger partial charge in [-0.2, -0.15) is 18.2 Å². The number of rotatable bonds is 4. The lowest BCUT2D eigenvalue weighted by Gasteiger charge is -2.14. The van der Waals surface area contributed by atoms with E-state index in [-0.39, 0.29) is 17.9 Å². The quantitative estimate of drug-likeness (QED) is 0.850. The summed E-state index contributed by atoms with van der Waals surface area (Å²) in [4.78, 5) is 9.94. The molecule has 0 aliphatic carbocycles. The van der Waals surface area contributed by atoms with Crippen molar-refractivity contribution in [2.45, 2.75) is 38.5 Å². The number of hydrogen-bond donors (Lipinski definition) is 0. The predicted octanol–water partition coefficient (Wildman–Crippen LogP) is 3.26. The number of ether oxygens (including phenoxy) is 1. The first kappa shape index (κ1) is 16.5. The molecule has 0 aromatic carbocycles. The smallest absolute Gasteiger partial charge is 0.417 e. The van der Waals surface area contributed by atoms with Crippen LogP contribution in [-0.4, -0.2) is 34.3 Å². The fourth-order valence-electron chi connectivity index (χ4n) is 2.38. The van der Waals surface area contributed by atoms with Crippen LogP contribution in [0.5, 0.6) is 5.88 Å². The maximum absolute atomic E-state index is 12.5. The molecule has 3 rings (SSSR count). The Morgan fingerprint density at radius 1 is 1.33 bits per heavy atom. The van der Waals surface area contributed by atoms with Crippen LogP contribution in [0.25, 0.3) is 0 Å². The summed E-state index contributed by atoms with van der Waals surface area (Å²) < 4.78 is 48.4. The van der Waals surface area contributed by atoms with Gasteiger partial charge in [0.2, 0.25) is 5.88 Å². The molecule has 0 spiro atoms. The van der Waals surface area contributed by atoms with E-state index >= 15 is 0 Å². The van der Waals surface area contributed by atoms with E-state index in [0.717, 1.165) is 12.3 Å². The fraction of sp³-hybridized carbons (Fsp3) is 0.533. The summed E-state index contributed by atoms with van der Waals surface area (Å²) in [5, 5.41) is 3.91. The second kappa shape index (κ2) is 6.29. The van der Waals surface area contributed by atoms with E-state index < -0.39 is 11.7 Å². The van der Waals surface area contributed by atoms with E-state index in [1.807, 2.05) is 18.7 Å². The molecular formula is C15H17F3N4O2. The van der Waals surface area contributed by atoms with Crippen molar-refractivity contribution in [1.29, 1.82) is 0 Å². The summed E-state index contributed by atoms with van der Waals surface area (Å²) in [5.41, 5.74) is -0.796. The Balaban J connectivity index is 1.59. The number of hydrogen-bond acceptors (Lipinski definition) is 6. The Kier molecular flexibility index (Phi) is 4.33. The number of anilines is 1. The van der Waals surface area contributed by atoms with Gasteiger partial charge in [0.1, 0.15) is 6.10 Å². The van der Waals surface area contributed by atoms with Gasteiger partial charge in [0, 0.05) is 31.1 Å². The molecule has 2 aromatic heterocycles. The van der Waals surface area contributed by atoms with Crippen LogP contribution in [0.4, 0.5) is 19.2 Å². The van der Waals surface area contributed by atoms with Crippen molar-refractivity contribution in [3.8, 4) is 5.88 Å². The van der Waals surface area contributed by atoms with Crippen LogP contribution in [0.2, 0.25) is 0 Å². The van der Waals surface area contributed by atoms with Crippen LogP contribution in [0.1, 0.15) is 37.6 Å². The predicted molar refractivity (Wildman–Crippen MR) is 78.9 cm³/mol. The average molecular weight is 342 g/mol. The van der Waals surface area contributed by atoms with E-state index in [2.05, 4.69) is 15.1 Å². The molecule has 1 atom stereocenters. The molecule has 1 unspecified atom stereocenters. The number of alkyl halides is 3. The highest BCUT2D eigenvalue weighted by Gasteiger charge is 2.31. The third-order valence-corrected chi connectivity index (χ3v) is 3.71. The third-order valence-electron chi connectivity index (χ3n) is 3.71. The lowest BCUT2D eigenvalue weighted by molar-refractivity contribution is -0.137. The standard InChI is InChI=1S/C15H17F3N4O2/c1-9(2)13-20-14(24-21-13)22-6-5-11(8-22)23-12-4-3-10(7-19-12)15(16,17)18/h3-4,7,9,11H,5-6,8H2,1-2H3. The highest BCUT2D eigenvalue weighted by molar-refractivity contribution is 5.28. The molecule has 0 amide bonds. The van der Waals surface area contributed by atoms with Crippen molar-refractivity contribution in [2.75, 3.05) is 18.0 Å². The van der Waals surface area contributed by atoms with Crippen LogP contribution in [0.3, 0.4) is 0 Å². The average Bonchev–Trinajstić information content (AvgIpc) is 3.15. The summed E-state index contributed by atoms with van der Waals surface area (Å²) in [5.74, 6) is 0.982. The maximum Gasteiger partial charge on any atom is 0.417 e. The Labute approximate surface area is 136 Å². The molecule has 0 radical (unpaired) electrons. The zero-order valence-electron chi connectivity index (χ0n) is 13.2. The highest BCUT2D eigenvalue weighted by atomic mass is 19.4. The van der Waals surface area contributed by atoms with Crippen molar-refractivity contribution in [2.24, 2.45) is 0 Å². The largest absolute Gasteiger partial charge is 0.472 e. The van der Waals surface area contributed by atoms with Gasteiger partial charge in [-0.25, -0.2) is 4.98 Å². The molecule has 3 heterocycles. The minimum atomic E-state index is -4.40. The van der Waals surface area contributed by atoms with Crippen molar-refractivity contribution < 1.29 is 22.4 Å². The van der Waals surface area contributed by atoms with Crippen LogP contribution in [0, 0.1) is 0 Å². The van der Waals surface area contributed by atoms with E-state index in [1.165, 1.54) is 6.07 Å². The minimum Gasteiger partial charge on any atom is -0.472 e. The van der Waals surface area contributed by atoms with Crippen molar-refractivity contribution >= 4 is 6.01 Å². The fourth-order valence-corrected chi connectivity index (χ4v) is 2.38. The van der Waals surface area contributed by atoms with Crippen molar-refractivity contribution in [3.63, 3.8) is 0 Å². The van der Waals surface area contributed by atoms with E-state index in [4.69, 9.17) is 9.26 Å². The van der Waals surface area contributed by atoms with Crippen molar-refractivity contribution in [3.05, 3.63) is 29.7 Å². The van der Waals surface area contributed by atoms with Gasteiger partial charge in [0.15, 0.2) is 5.82 Å². The maximum atomic E-state index is 12.5. The molecule has 0 N–H and O–H groups in total. The zero-order valence-corrected chi connectivity index (χ0v) is 13.2. The molecule has 1 fully saturated rings. The Hall–Kier alpha value is -2.32. The first-order valence-electron chi connectivity index (χ1n) is 7.61. The summed E-state index contributed by atoms with van der Waals surface area (Å²) in [6.07, 6.45) is -3.12. The Morgan fingerprint density at radius 3 is 2.71 bits per heavy atom. The first-order valence-corrected chi connectivity index (χ1v) is 7.61. The third kappa shape index (κ3) is 3.60. The van der Waals surface area contributed by atoms with Crippen LogP contribution < -0.4 is 9.64 Å². The van der Waals surface area contributed by atoms with Crippen LogP contribution in [-0.2, 0) is 6.18 Å². The topological polar surface area (TPSA) is 64.3 Å². The van der Waals surface area contributed by atoms with Gasteiger partial charge in [0.25, 0.3) is 0 Å². The normalized spacial score (nSPS) is 18.4.